The summed E-state index contributed by atoms with van der Waals surface area (Å²) < 4.78 is 13.0. The predicted molar refractivity (Wildman–Crippen MR) is 144 cm³/mol. The number of aryl methyl sites for hydroxylation is 1. The van der Waals surface area contributed by atoms with Gasteiger partial charge in [0.15, 0.2) is 0 Å². The first-order valence-corrected chi connectivity index (χ1v) is 12.5. The maximum absolute atomic E-state index is 13.0. The molecule has 4 rings (SSSR count). The number of aliphatic hydroxyl groups excluding tert-OH is 1. The standard InChI is InChI=1S/C22H28FNO.C7H9N3O/c23-21-9-6-19(7-10-21)16-20-12-14-24(15-13-20)17-22(25)11-8-18-4-2-1-3-5-18;8-5-2-1-3-6(4-5)10-7(9)11/h1-7,9-10,20,22,25H,8,11-17H2;1-4H,8H2,(H3,9,10,11). The molecule has 36 heavy (non-hydrogen) atoms. The number of nitrogens with two attached hydrogens (primary N) is 2. The summed E-state index contributed by atoms with van der Waals surface area (Å²) in [5, 5.41) is 12.7. The number of anilines is 2. The lowest BCUT2D eigenvalue weighted by Crippen LogP contribution is -2.39. The summed E-state index contributed by atoms with van der Waals surface area (Å²) in [4.78, 5) is 12.7. The lowest BCUT2D eigenvalue weighted by atomic mass is 9.90. The van der Waals surface area contributed by atoms with Crippen LogP contribution in [0.4, 0.5) is 20.6 Å². The highest BCUT2D eigenvalue weighted by molar-refractivity contribution is 5.88. The van der Waals surface area contributed by atoms with Gasteiger partial charge in [-0.1, -0.05) is 48.5 Å². The first-order chi connectivity index (χ1) is 17.4. The number of nitrogens with one attached hydrogen (secondary N) is 1. The number of urea groups is 1. The fraction of sp³-hybridized carbons (Fsp3) is 0.345. The number of aliphatic hydroxyl groups is 1. The van der Waals surface area contributed by atoms with Crippen LogP contribution in [0, 0.1) is 11.7 Å². The summed E-state index contributed by atoms with van der Waals surface area (Å²) in [6, 6.07) is 23.5. The third-order valence-corrected chi connectivity index (χ3v) is 6.38. The number of halogens is 1. The van der Waals surface area contributed by atoms with Gasteiger partial charge in [-0.05, 0) is 92.6 Å². The molecule has 1 heterocycles. The summed E-state index contributed by atoms with van der Waals surface area (Å²) in [5.74, 6) is 0.506. The minimum atomic E-state index is -0.587. The molecule has 0 radical (unpaired) electrons. The van der Waals surface area contributed by atoms with E-state index in [1.165, 1.54) is 11.1 Å². The molecule has 1 atom stereocenters. The molecule has 0 bridgehead atoms. The molecule has 1 aliphatic rings. The molecule has 2 amide bonds. The average molecular weight is 493 g/mol. The van der Waals surface area contributed by atoms with E-state index in [2.05, 4.69) is 22.3 Å². The van der Waals surface area contributed by atoms with Crippen LogP contribution in [0.25, 0.3) is 0 Å². The molecule has 1 aliphatic heterocycles. The van der Waals surface area contributed by atoms with Crippen LogP contribution in [0.1, 0.15) is 30.4 Å². The summed E-state index contributed by atoms with van der Waals surface area (Å²) in [6.07, 6.45) is 4.84. The van der Waals surface area contributed by atoms with E-state index in [1.54, 1.807) is 36.4 Å². The number of carbonyl (C=O) groups is 1. The third-order valence-electron chi connectivity index (χ3n) is 6.38. The SMILES string of the molecule is NC(=O)Nc1cccc(N)c1.OC(CCc1ccccc1)CN1CCC(Cc2ccc(F)cc2)CC1. The van der Waals surface area contributed by atoms with Crippen molar-refractivity contribution in [1.29, 1.82) is 0 Å². The van der Waals surface area contributed by atoms with Crippen molar-refractivity contribution in [3.63, 3.8) is 0 Å². The number of hydrogen-bond acceptors (Lipinski definition) is 4. The summed E-state index contributed by atoms with van der Waals surface area (Å²) >= 11 is 0. The van der Waals surface area contributed by atoms with Gasteiger partial charge >= 0.3 is 6.03 Å². The van der Waals surface area contributed by atoms with Crippen LogP contribution in [-0.4, -0.2) is 41.8 Å². The van der Waals surface area contributed by atoms with Gasteiger partial charge in [0.25, 0.3) is 0 Å². The van der Waals surface area contributed by atoms with Crippen LogP contribution < -0.4 is 16.8 Å². The van der Waals surface area contributed by atoms with E-state index in [0.717, 1.165) is 51.7 Å². The Morgan fingerprint density at radius 2 is 1.69 bits per heavy atom. The Balaban J connectivity index is 0.000000275. The van der Waals surface area contributed by atoms with Crippen molar-refractivity contribution in [3.8, 4) is 0 Å². The highest BCUT2D eigenvalue weighted by Gasteiger charge is 2.21. The molecule has 1 saturated heterocycles. The Morgan fingerprint density at radius 1 is 1.00 bits per heavy atom. The maximum Gasteiger partial charge on any atom is 0.316 e. The molecule has 0 aliphatic carbocycles. The number of piperidine rings is 1. The minimum absolute atomic E-state index is 0.164. The zero-order valence-corrected chi connectivity index (χ0v) is 20.7. The van der Waals surface area contributed by atoms with Crippen molar-refractivity contribution < 1.29 is 14.3 Å². The quantitative estimate of drug-likeness (QED) is 0.338. The van der Waals surface area contributed by atoms with Crippen molar-refractivity contribution in [2.45, 2.75) is 38.2 Å². The first-order valence-electron chi connectivity index (χ1n) is 12.5. The number of nitrogens with zero attached hydrogens (tertiary/aromatic N) is 1. The molecule has 7 heteroatoms. The van der Waals surface area contributed by atoms with Gasteiger partial charge in [0, 0.05) is 17.9 Å². The van der Waals surface area contributed by atoms with Gasteiger partial charge in [-0.3, -0.25) is 0 Å². The number of nitrogen functional groups attached to an aromatic ring is 1. The number of rotatable bonds is 8. The third kappa shape index (κ3) is 10.1. The Kier molecular flexibility index (Phi) is 10.7. The number of carbonyl (C=O) groups excluding carboxylic acids is 1. The second-order valence-corrected chi connectivity index (χ2v) is 9.37. The van der Waals surface area contributed by atoms with Crippen molar-refractivity contribution >= 4 is 17.4 Å². The van der Waals surface area contributed by atoms with Crippen molar-refractivity contribution in [2.75, 3.05) is 30.7 Å². The van der Waals surface area contributed by atoms with Gasteiger partial charge < -0.3 is 26.8 Å². The topological polar surface area (TPSA) is 105 Å². The van der Waals surface area contributed by atoms with Gasteiger partial charge in [-0.2, -0.15) is 0 Å². The smallest absolute Gasteiger partial charge is 0.316 e. The highest BCUT2D eigenvalue weighted by atomic mass is 19.1. The van der Waals surface area contributed by atoms with Crippen molar-refractivity contribution in [1.82, 2.24) is 4.90 Å². The fourth-order valence-electron chi connectivity index (χ4n) is 4.45. The van der Waals surface area contributed by atoms with E-state index in [0.29, 0.717) is 17.3 Å². The Morgan fingerprint density at radius 3 is 2.33 bits per heavy atom. The molecule has 1 unspecified atom stereocenters. The number of benzene rings is 3. The number of likely N-dealkylation sites (tertiary alicyclic amines) is 1. The molecular weight excluding hydrogens is 455 g/mol. The number of β-amino-alcohol motifs (C(OH)–C–C–N with tert-alkyl or cyclic N) is 1. The van der Waals surface area contributed by atoms with Crippen LogP contribution in [-0.2, 0) is 12.8 Å². The van der Waals surface area contributed by atoms with Gasteiger partial charge in [0.05, 0.1) is 6.10 Å². The molecule has 0 aromatic heterocycles. The number of primary amides is 1. The molecule has 6 N–H and O–H groups in total. The normalized spacial score (nSPS) is 14.9. The Hall–Kier alpha value is -3.42. The van der Waals surface area contributed by atoms with E-state index in [9.17, 15) is 14.3 Å². The van der Waals surface area contributed by atoms with E-state index >= 15 is 0 Å². The molecule has 1 fully saturated rings. The fourth-order valence-corrected chi connectivity index (χ4v) is 4.45. The van der Waals surface area contributed by atoms with Crippen LogP contribution in [0.3, 0.4) is 0 Å². The molecule has 3 aromatic carbocycles. The average Bonchev–Trinajstić information content (AvgIpc) is 2.86. The molecule has 6 nitrogen and oxygen atoms in total. The van der Waals surface area contributed by atoms with Crippen LogP contribution in [0.5, 0.6) is 0 Å². The molecule has 0 spiro atoms. The van der Waals surface area contributed by atoms with Gasteiger partial charge in [-0.15, -0.1) is 0 Å². The second kappa shape index (κ2) is 14.2. The first kappa shape index (κ1) is 27.2. The Bertz CT molecular complexity index is 1050. The van der Waals surface area contributed by atoms with Crippen LogP contribution >= 0.6 is 0 Å². The van der Waals surface area contributed by atoms with Crippen LogP contribution in [0.2, 0.25) is 0 Å². The molecule has 0 saturated carbocycles. The molecule has 3 aromatic rings. The molecular formula is C29H37FN4O2. The highest BCUT2D eigenvalue weighted by Crippen LogP contribution is 2.22. The van der Waals surface area contributed by atoms with Crippen molar-refractivity contribution in [2.24, 2.45) is 11.7 Å². The molecule has 192 valence electrons. The summed E-state index contributed by atoms with van der Waals surface area (Å²) in [5.41, 5.74) is 14.0. The largest absolute Gasteiger partial charge is 0.399 e. The van der Waals surface area contributed by atoms with E-state index in [-0.39, 0.29) is 11.9 Å². The van der Waals surface area contributed by atoms with E-state index < -0.39 is 6.03 Å². The van der Waals surface area contributed by atoms with Crippen LogP contribution in [0.15, 0.2) is 78.9 Å². The summed E-state index contributed by atoms with van der Waals surface area (Å²) in [7, 11) is 0. The lowest BCUT2D eigenvalue weighted by molar-refractivity contribution is 0.0840. The Labute approximate surface area is 213 Å². The predicted octanol–water partition coefficient (Wildman–Crippen LogP) is 4.83. The maximum atomic E-state index is 13.0. The van der Waals surface area contributed by atoms with Gasteiger partial charge in [-0.25, -0.2) is 9.18 Å². The monoisotopic (exact) mass is 492 g/mol. The summed E-state index contributed by atoms with van der Waals surface area (Å²) in [6.45, 7) is 2.87. The second-order valence-electron chi connectivity index (χ2n) is 9.37. The van der Waals surface area contributed by atoms with E-state index in [1.807, 2.05) is 30.3 Å². The zero-order chi connectivity index (χ0) is 25.8. The zero-order valence-electron chi connectivity index (χ0n) is 20.7. The lowest BCUT2D eigenvalue weighted by Gasteiger charge is -2.33. The number of amides is 2. The van der Waals surface area contributed by atoms with Gasteiger partial charge in [0.1, 0.15) is 5.82 Å². The van der Waals surface area contributed by atoms with E-state index in [4.69, 9.17) is 11.5 Å². The number of hydrogen-bond donors (Lipinski definition) is 4. The van der Waals surface area contributed by atoms with Crippen molar-refractivity contribution in [3.05, 3.63) is 95.8 Å². The van der Waals surface area contributed by atoms with Gasteiger partial charge in [0.2, 0.25) is 0 Å². The minimum Gasteiger partial charge on any atom is -0.399 e.